The lowest BCUT2D eigenvalue weighted by molar-refractivity contribution is 0.257. The summed E-state index contributed by atoms with van der Waals surface area (Å²) in [6, 6.07) is 6.77. The highest BCUT2D eigenvalue weighted by Gasteiger charge is 2.22. The fourth-order valence-corrected chi connectivity index (χ4v) is 3.03. The molecule has 0 saturated heterocycles. The molecule has 0 aliphatic rings. The Morgan fingerprint density at radius 1 is 1.38 bits per heavy atom. The minimum Gasteiger partial charge on any atom is -0.395 e. The van der Waals surface area contributed by atoms with Crippen LogP contribution in [0.1, 0.15) is 12.5 Å². The van der Waals surface area contributed by atoms with Crippen LogP contribution >= 0.6 is 0 Å². The van der Waals surface area contributed by atoms with E-state index < -0.39 is 10.0 Å². The Morgan fingerprint density at radius 3 is 2.56 bits per heavy atom. The van der Waals surface area contributed by atoms with E-state index in [0.717, 1.165) is 5.56 Å². The van der Waals surface area contributed by atoms with E-state index >= 15 is 0 Å². The third-order valence-electron chi connectivity index (χ3n) is 2.33. The van der Waals surface area contributed by atoms with Crippen LogP contribution in [0.4, 0.5) is 0 Å². The van der Waals surface area contributed by atoms with Gasteiger partial charge in [-0.05, 0) is 24.6 Å². The first kappa shape index (κ1) is 13.2. The molecule has 16 heavy (non-hydrogen) atoms. The molecule has 1 aromatic rings. The van der Waals surface area contributed by atoms with Crippen LogP contribution in [-0.4, -0.2) is 37.5 Å². The van der Waals surface area contributed by atoms with Crippen LogP contribution in [-0.2, 0) is 10.0 Å². The molecule has 0 saturated carbocycles. The zero-order chi connectivity index (χ0) is 12.2. The highest BCUT2D eigenvalue weighted by Crippen LogP contribution is 2.16. The number of aliphatic hydroxyl groups excluding tert-OH is 1. The minimum atomic E-state index is -3.46. The molecule has 0 fully saturated rings. The lowest BCUT2D eigenvalue weighted by atomic mass is 10.2. The molecule has 0 radical (unpaired) electrons. The third-order valence-corrected chi connectivity index (χ3v) is 4.30. The molecule has 0 aliphatic heterocycles. The Bertz CT molecular complexity index is 442. The van der Waals surface area contributed by atoms with Crippen molar-refractivity contribution >= 4 is 10.0 Å². The van der Waals surface area contributed by atoms with Crippen molar-refractivity contribution in [2.24, 2.45) is 0 Å². The van der Waals surface area contributed by atoms with E-state index in [2.05, 4.69) is 0 Å². The van der Waals surface area contributed by atoms with Crippen molar-refractivity contribution in [2.45, 2.75) is 18.7 Å². The van der Waals surface area contributed by atoms with Crippen LogP contribution in [0.5, 0.6) is 0 Å². The molecule has 0 atom stereocenters. The van der Waals surface area contributed by atoms with Gasteiger partial charge in [0.25, 0.3) is 0 Å². The fourth-order valence-electron chi connectivity index (χ4n) is 1.48. The first-order chi connectivity index (χ1) is 7.52. The Labute approximate surface area is 96.6 Å². The summed E-state index contributed by atoms with van der Waals surface area (Å²) < 4.78 is 25.5. The van der Waals surface area contributed by atoms with Crippen molar-refractivity contribution in [3.8, 4) is 0 Å². The number of aryl methyl sites for hydroxylation is 1. The molecule has 5 heteroatoms. The number of hydrogen-bond acceptors (Lipinski definition) is 3. The summed E-state index contributed by atoms with van der Waals surface area (Å²) in [4.78, 5) is 0.280. The summed E-state index contributed by atoms with van der Waals surface area (Å²) in [6.45, 7) is 3.92. The molecule has 0 spiro atoms. The van der Waals surface area contributed by atoms with E-state index in [1.165, 1.54) is 4.31 Å². The van der Waals surface area contributed by atoms with Crippen molar-refractivity contribution in [2.75, 3.05) is 19.7 Å². The van der Waals surface area contributed by atoms with E-state index in [1.54, 1.807) is 25.1 Å². The standard InChI is InChI=1S/C11H17NO3S/c1-3-12(7-8-13)16(14,15)11-6-4-5-10(2)9-11/h4-6,9,13H,3,7-8H2,1-2H3. The van der Waals surface area contributed by atoms with Crippen molar-refractivity contribution in [1.29, 1.82) is 0 Å². The molecule has 0 aromatic heterocycles. The smallest absolute Gasteiger partial charge is 0.243 e. The van der Waals surface area contributed by atoms with Gasteiger partial charge in [0, 0.05) is 13.1 Å². The van der Waals surface area contributed by atoms with Gasteiger partial charge in [0.2, 0.25) is 10.0 Å². The van der Waals surface area contributed by atoms with Crippen LogP contribution in [0.3, 0.4) is 0 Å². The summed E-state index contributed by atoms with van der Waals surface area (Å²) in [6.07, 6.45) is 0. The molecule has 0 bridgehead atoms. The van der Waals surface area contributed by atoms with Gasteiger partial charge in [0.15, 0.2) is 0 Å². The van der Waals surface area contributed by atoms with Crippen LogP contribution in [0.25, 0.3) is 0 Å². The maximum absolute atomic E-state index is 12.1. The van der Waals surface area contributed by atoms with Gasteiger partial charge >= 0.3 is 0 Å². The van der Waals surface area contributed by atoms with E-state index in [0.29, 0.717) is 6.54 Å². The predicted molar refractivity (Wildman–Crippen MR) is 62.7 cm³/mol. The lowest BCUT2D eigenvalue weighted by Crippen LogP contribution is -2.33. The number of nitrogens with zero attached hydrogens (tertiary/aromatic N) is 1. The Hall–Kier alpha value is -0.910. The average Bonchev–Trinajstić information content (AvgIpc) is 2.25. The van der Waals surface area contributed by atoms with Gasteiger partial charge in [0.1, 0.15) is 0 Å². The third kappa shape index (κ3) is 2.81. The SMILES string of the molecule is CCN(CCO)S(=O)(=O)c1cccc(C)c1. The van der Waals surface area contributed by atoms with Gasteiger partial charge in [-0.3, -0.25) is 0 Å². The topological polar surface area (TPSA) is 57.6 Å². The fraction of sp³-hybridized carbons (Fsp3) is 0.455. The highest BCUT2D eigenvalue weighted by atomic mass is 32.2. The molecule has 1 aromatic carbocycles. The van der Waals surface area contributed by atoms with Crippen LogP contribution < -0.4 is 0 Å². The molecular formula is C11H17NO3S. The van der Waals surface area contributed by atoms with Gasteiger partial charge < -0.3 is 5.11 Å². The first-order valence-electron chi connectivity index (χ1n) is 5.20. The quantitative estimate of drug-likeness (QED) is 0.839. The summed E-state index contributed by atoms with van der Waals surface area (Å²) in [5.41, 5.74) is 0.904. The van der Waals surface area contributed by atoms with E-state index in [4.69, 9.17) is 5.11 Å². The average molecular weight is 243 g/mol. The van der Waals surface area contributed by atoms with Crippen LogP contribution in [0.15, 0.2) is 29.2 Å². The number of benzene rings is 1. The molecular weight excluding hydrogens is 226 g/mol. The van der Waals surface area contributed by atoms with Gasteiger partial charge in [-0.2, -0.15) is 4.31 Å². The normalized spacial score (nSPS) is 12.0. The van der Waals surface area contributed by atoms with Gasteiger partial charge in [-0.1, -0.05) is 19.1 Å². The molecule has 1 rings (SSSR count). The second kappa shape index (κ2) is 5.43. The number of hydrogen-bond donors (Lipinski definition) is 1. The second-order valence-electron chi connectivity index (χ2n) is 3.54. The van der Waals surface area contributed by atoms with E-state index in [-0.39, 0.29) is 18.0 Å². The van der Waals surface area contributed by atoms with E-state index in [1.807, 2.05) is 13.0 Å². The number of likely N-dealkylation sites (N-methyl/N-ethyl adjacent to an activating group) is 1. The van der Waals surface area contributed by atoms with Crippen LogP contribution in [0, 0.1) is 6.92 Å². The number of sulfonamides is 1. The predicted octanol–water partition coefficient (Wildman–Crippen LogP) is 0.998. The zero-order valence-corrected chi connectivity index (χ0v) is 10.4. The minimum absolute atomic E-state index is 0.132. The summed E-state index contributed by atoms with van der Waals surface area (Å²) >= 11 is 0. The zero-order valence-electron chi connectivity index (χ0n) is 9.55. The second-order valence-corrected chi connectivity index (χ2v) is 5.47. The highest BCUT2D eigenvalue weighted by molar-refractivity contribution is 7.89. The molecule has 90 valence electrons. The van der Waals surface area contributed by atoms with Gasteiger partial charge in [-0.15, -0.1) is 0 Å². The molecule has 0 aliphatic carbocycles. The van der Waals surface area contributed by atoms with Crippen molar-refractivity contribution in [3.05, 3.63) is 29.8 Å². The van der Waals surface area contributed by atoms with Gasteiger partial charge in [0.05, 0.1) is 11.5 Å². The van der Waals surface area contributed by atoms with E-state index in [9.17, 15) is 8.42 Å². The Kier molecular flexibility index (Phi) is 4.46. The molecule has 4 nitrogen and oxygen atoms in total. The summed E-state index contributed by atoms with van der Waals surface area (Å²) in [5.74, 6) is 0. The lowest BCUT2D eigenvalue weighted by Gasteiger charge is -2.19. The summed E-state index contributed by atoms with van der Waals surface area (Å²) in [5, 5.41) is 8.83. The summed E-state index contributed by atoms with van der Waals surface area (Å²) in [7, 11) is -3.46. The number of aliphatic hydroxyl groups is 1. The Balaban J connectivity index is 3.09. The molecule has 0 heterocycles. The first-order valence-corrected chi connectivity index (χ1v) is 6.64. The Morgan fingerprint density at radius 2 is 2.06 bits per heavy atom. The molecule has 0 amide bonds. The van der Waals surface area contributed by atoms with Gasteiger partial charge in [-0.25, -0.2) is 8.42 Å². The monoisotopic (exact) mass is 243 g/mol. The number of rotatable bonds is 5. The van der Waals surface area contributed by atoms with Crippen LogP contribution in [0.2, 0.25) is 0 Å². The van der Waals surface area contributed by atoms with Crippen molar-refractivity contribution in [3.63, 3.8) is 0 Å². The molecule has 0 unspecified atom stereocenters. The van der Waals surface area contributed by atoms with Crippen molar-refractivity contribution < 1.29 is 13.5 Å². The largest absolute Gasteiger partial charge is 0.395 e. The maximum atomic E-state index is 12.1. The molecule has 1 N–H and O–H groups in total. The van der Waals surface area contributed by atoms with Crippen molar-refractivity contribution in [1.82, 2.24) is 4.31 Å². The maximum Gasteiger partial charge on any atom is 0.243 e.